The molecule has 0 aromatic heterocycles. The summed E-state index contributed by atoms with van der Waals surface area (Å²) in [6.45, 7) is 1.17. The van der Waals surface area contributed by atoms with E-state index in [1.807, 2.05) is 0 Å². The first-order valence-corrected chi connectivity index (χ1v) is 3.00. The van der Waals surface area contributed by atoms with Crippen molar-refractivity contribution in [2.45, 2.75) is 12.8 Å². The zero-order valence-corrected chi connectivity index (χ0v) is 5.41. The molecule has 0 aliphatic carbocycles. The molecule has 0 aromatic rings. The van der Waals surface area contributed by atoms with E-state index < -0.39 is 0 Å². The van der Waals surface area contributed by atoms with Gasteiger partial charge in [0.05, 0.1) is 0 Å². The van der Waals surface area contributed by atoms with Crippen LogP contribution in [0.25, 0.3) is 0 Å². The van der Waals surface area contributed by atoms with E-state index in [1.165, 1.54) is 0 Å². The largest absolute Gasteiger partial charge is 0.370 e. The number of nitrogens with one attached hydrogen (secondary N) is 3. The molecular weight excluding hydrogens is 116 g/mol. The first kappa shape index (κ1) is 8.23. The van der Waals surface area contributed by atoms with Crippen LogP contribution in [0.1, 0.15) is 12.8 Å². The minimum absolute atomic E-state index is 0.0139. The van der Waals surface area contributed by atoms with E-state index in [-0.39, 0.29) is 5.96 Å². The number of hydrogen-bond donors (Lipinski definition) is 3. The molecule has 4 nitrogen and oxygen atoms in total. The summed E-state index contributed by atoms with van der Waals surface area (Å²) in [5.41, 5.74) is 11.8. The van der Waals surface area contributed by atoms with Gasteiger partial charge in [-0.3, -0.25) is 11.1 Å². The van der Waals surface area contributed by atoms with E-state index in [4.69, 9.17) is 16.9 Å². The Balaban J connectivity index is 2.83. The molecular formula is C5H13N4. The van der Waals surface area contributed by atoms with Gasteiger partial charge >= 0.3 is 0 Å². The molecule has 1 radical (unpaired) electrons. The molecule has 0 atom stereocenters. The second kappa shape index (κ2) is 5.37. The zero-order chi connectivity index (χ0) is 7.11. The summed E-state index contributed by atoms with van der Waals surface area (Å²) in [7, 11) is 0. The van der Waals surface area contributed by atoms with Crippen LogP contribution < -0.4 is 16.8 Å². The summed E-state index contributed by atoms with van der Waals surface area (Å²) in [5, 5.41) is 9.41. The lowest BCUT2D eigenvalue weighted by atomic mass is 10.3. The van der Waals surface area contributed by atoms with Crippen molar-refractivity contribution in [1.82, 2.24) is 11.1 Å². The molecule has 0 aliphatic heterocycles. The third kappa shape index (κ3) is 7.23. The molecule has 0 heterocycles. The highest BCUT2D eigenvalue weighted by atomic mass is 15.0. The van der Waals surface area contributed by atoms with Crippen LogP contribution in [0.3, 0.4) is 0 Å². The fourth-order valence-corrected chi connectivity index (χ4v) is 0.473. The second-order valence-corrected chi connectivity index (χ2v) is 1.80. The standard InChI is InChI=1S/C5H13N4/c6-3-1-2-4-9-5(7)8/h6H,1-4H2,(H4,7,8,9). The van der Waals surface area contributed by atoms with Gasteiger partial charge in [-0.25, -0.2) is 0 Å². The van der Waals surface area contributed by atoms with E-state index in [9.17, 15) is 0 Å². The molecule has 0 spiro atoms. The van der Waals surface area contributed by atoms with E-state index >= 15 is 0 Å². The minimum atomic E-state index is 0.0139. The lowest BCUT2D eigenvalue weighted by Crippen LogP contribution is -2.30. The van der Waals surface area contributed by atoms with Gasteiger partial charge < -0.3 is 11.1 Å². The number of nitrogens with two attached hydrogens (primary N) is 1. The van der Waals surface area contributed by atoms with Gasteiger partial charge in [0.1, 0.15) is 0 Å². The van der Waals surface area contributed by atoms with Crippen LogP contribution in [0.15, 0.2) is 0 Å². The van der Waals surface area contributed by atoms with Crippen molar-refractivity contribution in [3.63, 3.8) is 0 Å². The van der Waals surface area contributed by atoms with Crippen molar-refractivity contribution in [2.24, 2.45) is 5.73 Å². The van der Waals surface area contributed by atoms with Gasteiger partial charge in [-0.15, -0.1) is 0 Å². The van der Waals surface area contributed by atoms with Crippen molar-refractivity contribution >= 4 is 5.96 Å². The van der Waals surface area contributed by atoms with Crippen LogP contribution in [0.4, 0.5) is 0 Å². The van der Waals surface area contributed by atoms with Gasteiger partial charge in [0.2, 0.25) is 0 Å². The van der Waals surface area contributed by atoms with Crippen LogP contribution in [-0.2, 0) is 0 Å². The van der Waals surface area contributed by atoms with Crippen LogP contribution >= 0.6 is 0 Å². The molecule has 0 saturated heterocycles. The van der Waals surface area contributed by atoms with Crippen molar-refractivity contribution in [3.05, 3.63) is 0 Å². The Kier molecular flexibility index (Phi) is 4.91. The predicted molar refractivity (Wildman–Crippen MR) is 37.1 cm³/mol. The molecule has 0 unspecified atom stereocenters. The molecule has 0 saturated carbocycles. The molecule has 9 heavy (non-hydrogen) atoms. The molecule has 0 amide bonds. The SMILES string of the molecule is [NH]CCCCNC(=N)N. The quantitative estimate of drug-likeness (QED) is 0.272. The zero-order valence-electron chi connectivity index (χ0n) is 5.41. The highest BCUT2D eigenvalue weighted by Crippen LogP contribution is 1.81. The van der Waals surface area contributed by atoms with Gasteiger partial charge in [-0.2, -0.15) is 0 Å². The lowest BCUT2D eigenvalue weighted by Gasteiger charge is -2.00. The molecule has 0 rings (SSSR count). The maximum atomic E-state index is 6.78. The number of unbranched alkanes of at least 4 members (excludes halogenated alkanes) is 1. The van der Waals surface area contributed by atoms with Crippen molar-refractivity contribution in [3.8, 4) is 0 Å². The monoisotopic (exact) mass is 129 g/mol. The first-order valence-electron chi connectivity index (χ1n) is 3.00. The molecule has 4 heteroatoms. The van der Waals surface area contributed by atoms with Crippen molar-refractivity contribution < 1.29 is 0 Å². The molecule has 53 valence electrons. The average Bonchev–Trinajstić information content (AvgIpc) is 1.80. The Labute approximate surface area is 55.1 Å². The second-order valence-electron chi connectivity index (χ2n) is 1.80. The van der Waals surface area contributed by atoms with Gasteiger partial charge in [-0.1, -0.05) is 0 Å². The molecule has 0 fully saturated rings. The first-order chi connectivity index (χ1) is 4.27. The van der Waals surface area contributed by atoms with Crippen LogP contribution in [-0.4, -0.2) is 19.0 Å². The molecule has 0 aliphatic rings. The summed E-state index contributed by atoms with van der Waals surface area (Å²) in [5.74, 6) is 0.0139. The summed E-state index contributed by atoms with van der Waals surface area (Å²) in [6, 6.07) is 0. The number of guanidine groups is 1. The fraction of sp³-hybridized carbons (Fsp3) is 0.800. The van der Waals surface area contributed by atoms with E-state index in [0.29, 0.717) is 13.1 Å². The van der Waals surface area contributed by atoms with Crippen LogP contribution in [0.2, 0.25) is 0 Å². The van der Waals surface area contributed by atoms with E-state index in [1.54, 1.807) is 0 Å². The smallest absolute Gasteiger partial charge is 0.185 e. The summed E-state index contributed by atoms with van der Waals surface area (Å²) >= 11 is 0. The fourth-order valence-electron chi connectivity index (χ4n) is 0.473. The normalized spacial score (nSPS) is 9.00. The van der Waals surface area contributed by atoms with Crippen LogP contribution in [0.5, 0.6) is 0 Å². The average molecular weight is 129 g/mol. The van der Waals surface area contributed by atoms with Gasteiger partial charge in [0, 0.05) is 13.1 Å². The third-order valence-corrected chi connectivity index (χ3v) is 0.919. The Morgan fingerprint density at radius 1 is 1.44 bits per heavy atom. The van der Waals surface area contributed by atoms with Crippen molar-refractivity contribution in [2.75, 3.05) is 13.1 Å². The maximum Gasteiger partial charge on any atom is 0.185 e. The Bertz CT molecular complexity index is 81.0. The van der Waals surface area contributed by atoms with Crippen LogP contribution in [0, 0.1) is 5.41 Å². The number of rotatable bonds is 4. The Morgan fingerprint density at radius 3 is 2.56 bits per heavy atom. The predicted octanol–water partition coefficient (Wildman–Crippen LogP) is -0.467. The Hall–Kier alpha value is -0.770. The molecule has 5 N–H and O–H groups in total. The Morgan fingerprint density at radius 2 is 2.11 bits per heavy atom. The van der Waals surface area contributed by atoms with Gasteiger partial charge in [0.15, 0.2) is 5.96 Å². The molecule has 0 aromatic carbocycles. The highest BCUT2D eigenvalue weighted by molar-refractivity contribution is 5.74. The topological polar surface area (TPSA) is 85.7 Å². The summed E-state index contributed by atoms with van der Waals surface area (Å²) in [6.07, 6.45) is 1.80. The maximum absolute atomic E-state index is 6.78. The molecule has 0 bridgehead atoms. The van der Waals surface area contributed by atoms with E-state index in [0.717, 1.165) is 12.8 Å². The lowest BCUT2D eigenvalue weighted by molar-refractivity contribution is 0.707. The summed E-state index contributed by atoms with van der Waals surface area (Å²) < 4.78 is 0. The third-order valence-electron chi connectivity index (χ3n) is 0.919. The van der Waals surface area contributed by atoms with Gasteiger partial charge in [-0.05, 0) is 12.8 Å². The number of hydrogen-bond acceptors (Lipinski definition) is 1. The van der Waals surface area contributed by atoms with E-state index in [2.05, 4.69) is 5.32 Å². The highest BCUT2D eigenvalue weighted by Gasteiger charge is 1.85. The minimum Gasteiger partial charge on any atom is -0.370 e. The van der Waals surface area contributed by atoms with Crippen molar-refractivity contribution in [1.29, 1.82) is 5.41 Å². The summed E-state index contributed by atoms with van der Waals surface area (Å²) in [4.78, 5) is 0. The van der Waals surface area contributed by atoms with Gasteiger partial charge in [0.25, 0.3) is 0 Å².